The van der Waals surface area contributed by atoms with Crippen molar-refractivity contribution in [1.82, 2.24) is 14.3 Å². The van der Waals surface area contributed by atoms with Gasteiger partial charge in [0, 0.05) is 45.0 Å². The average Bonchev–Trinajstić information content (AvgIpc) is 2.79. The highest BCUT2D eigenvalue weighted by Crippen LogP contribution is 2.34. The zero-order chi connectivity index (χ0) is 25.3. The highest BCUT2D eigenvalue weighted by molar-refractivity contribution is 7.88. The Labute approximate surface area is 201 Å². The van der Waals surface area contributed by atoms with Gasteiger partial charge in [0.25, 0.3) is 6.43 Å². The van der Waals surface area contributed by atoms with Crippen molar-refractivity contribution in [3.05, 3.63) is 41.2 Å². The van der Waals surface area contributed by atoms with Crippen LogP contribution in [0.15, 0.2) is 18.2 Å². The standard InChI is InChI=1S/C22H27F4N5O3S/c1-13-20-17(7-10-31(13)35(2,32)33)28-21(27-12-19(25)26)22(29-20)30-8-5-15(6-9-30)34-18-4-3-14(23)11-16(18)24/h3-4,11,13,15,19H,5-10,12H2,1-2H3,(H,27,28). The van der Waals surface area contributed by atoms with E-state index in [4.69, 9.17) is 9.72 Å². The van der Waals surface area contributed by atoms with Crippen LogP contribution in [0.2, 0.25) is 0 Å². The average molecular weight is 518 g/mol. The van der Waals surface area contributed by atoms with Gasteiger partial charge in [0.05, 0.1) is 30.2 Å². The summed E-state index contributed by atoms with van der Waals surface area (Å²) < 4.78 is 84.4. The van der Waals surface area contributed by atoms with Crippen LogP contribution in [0.1, 0.15) is 37.2 Å². The van der Waals surface area contributed by atoms with E-state index in [2.05, 4.69) is 10.3 Å². The summed E-state index contributed by atoms with van der Waals surface area (Å²) in [4.78, 5) is 11.1. The second-order valence-electron chi connectivity index (χ2n) is 8.68. The van der Waals surface area contributed by atoms with Gasteiger partial charge < -0.3 is 15.0 Å². The molecular weight excluding hydrogens is 490 g/mol. The fourth-order valence-electron chi connectivity index (χ4n) is 4.44. The SMILES string of the molecule is CC1c2nc(N3CCC(Oc4ccc(F)cc4F)CC3)c(NCC(F)F)nc2CCN1S(C)(=O)=O. The molecule has 192 valence electrons. The fraction of sp³-hybridized carbons (Fsp3) is 0.545. The number of ether oxygens (including phenoxy) is 1. The molecule has 1 saturated heterocycles. The number of nitrogens with zero attached hydrogens (tertiary/aromatic N) is 4. The number of anilines is 2. The second-order valence-corrected chi connectivity index (χ2v) is 10.6. The molecule has 1 unspecified atom stereocenters. The zero-order valence-electron chi connectivity index (χ0n) is 19.3. The molecule has 8 nitrogen and oxygen atoms in total. The number of nitrogens with one attached hydrogen (secondary N) is 1. The molecule has 4 rings (SSSR count). The number of hydrogen-bond acceptors (Lipinski definition) is 7. The number of sulfonamides is 1. The van der Waals surface area contributed by atoms with Crippen molar-refractivity contribution in [3.8, 4) is 5.75 Å². The van der Waals surface area contributed by atoms with Crippen molar-refractivity contribution in [3.63, 3.8) is 0 Å². The molecule has 0 aliphatic carbocycles. The molecule has 2 aromatic rings. The topological polar surface area (TPSA) is 87.7 Å². The Balaban J connectivity index is 1.55. The molecule has 2 aliphatic rings. The van der Waals surface area contributed by atoms with Crippen LogP contribution in [-0.4, -0.2) is 67.7 Å². The molecule has 13 heteroatoms. The number of rotatable bonds is 7. The first-order valence-corrected chi connectivity index (χ1v) is 13.1. The van der Waals surface area contributed by atoms with Gasteiger partial charge in [-0.3, -0.25) is 0 Å². The lowest BCUT2D eigenvalue weighted by Crippen LogP contribution is -2.41. The lowest BCUT2D eigenvalue weighted by molar-refractivity contribution is 0.162. The van der Waals surface area contributed by atoms with Crippen molar-refractivity contribution in [2.24, 2.45) is 0 Å². The first kappa shape index (κ1) is 25.4. The summed E-state index contributed by atoms with van der Waals surface area (Å²) >= 11 is 0. The quantitative estimate of drug-likeness (QED) is 0.564. The third-order valence-electron chi connectivity index (χ3n) is 6.16. The zero-order valence-corrected chi connectivity index (χ0v) is 20.2. The molecule has 0 amide bonds. The molecule has 0 radical (unpaired) electrons. The third kappa shape index (κ3) is 5.77. The van der Waals surface area contributed by atoms with Crippen molar-refractivity contribution in [2.45, 2.75) is 44.8 Å². The number of aromatic nitrogens is 2. The number of halogens is 4. The predicted octanol–water partition coefficient (Wildman–Crippen LogP) is 3.36. The van der Waals surface area contributed by atoms with E-state index in [0.717, 1.165) is 18.4 Å². The molecule has 1 aromatic carbocycles. The first-order chi connectivity index (χ1) is 16.5. The fourth-order valence-corrected chi connectivity index (χ4v) is 5.54. The monoisotopic (exact) mass is 517 g/mol. The summed E-state index contributed by atoms with van der Waals surface area (Å²) in [6.45, 7) is 2.21. The highest BCUT2D eigenvalue weighted by Gasteiger charge is 2.34. The molecule has 1 N–H and O–H groups in total. The minimum atomic E-state index is -3.46. The Bertz CT molecular complexity index is 1180. The molecule has 0 saturated carbocycles. The maximum absolute atomic E-state index is 14.0. The first-order valence-electron chi connectivity index (χ1n) is 11.3. The number of piperidine rings is 1. The Morgan fingerprint density at radius 3 is 2.51 bits per heavy atom. The van der Waals surface area contributed by atoms with E-state index in [1.807, 2.05) is 4.90 Å². The molecule has 0 spiro atoms. The Morgan fingerprint density at radius 2 is 1.89 bits per heavy atom. The normalized spacial score (nSPS) is 19.6. The lowest BCUT2D eigenvalue weighted by Gasteiger charge is -2.36. The molecule has 3 heterocycles. The Kier molecular flexibility index (Phi) is 7.36. The molecule has 0 bridgehead atoms. The Morgan fingerprint density at radius 1 is 1.17 bits per heavy atom. The summed E-state index contributed by atoms with van der Waals surface area (Å²) in [5.41, 5.74) is 1.06. The van der Waals surface area contributed by atoms with Gasteiger partial charge in [0.2, 0.25) is 10.0 Å². The highest BCUT2D eigenvalue weighted by atomic mass is 32.2. The molecule has 1 atom stereocenters. The minimum absolute atomic E-state index is 0.0348. The van der Waals surface area contributed by atoms with Crippen LogP contribution in [0.3, 0.4) is 0 Å². The van der Waals surface area contributed by atoms with Crippen LogP contribution in [0.25, 0.3) is 0 Å². The van der Waals surface area contributed by atoms with Gasteiger partial charge >= 0.3 is 0 Å². The van der Waals surface area contributed by atoms with Crippen molar-refractivity contribution >= 4 is 21.7 Å². The van der Waals surface area contributed by atoms with Gasteiger partial charge in [-0.2, -0.15) is 4.31 Å². The van der Waals surface area contributed by atoms with Crippen LogP contribution in [-0.2, 0) is 16.4 Å². The van der Waals surface area contributed by atoms with E-state index >= 15 is 0 Å². The Hall–Kier alpha value is -2.67. The predicted molar refractivity (Wildman–Crippen MR) is 122 cm³/mol. The van der Waals surface area contributed by atoms with Crippen LogP contribution >= 0.6 is 0 Å². The van der Waals surface area contributed by atoms with E-state index in [-0.39, 0.29) is 24.2 Å². The van der Waals surface area contributed by atoms with Gasteiger partial charge in [-0.05, 0) is 19.1 Å². The number of benzene rings is 1. The van der Waals surface area contributed by atoms with Gasteiger partial charge in [0.1, 0.15) is 11.9 Å². The third-order valence-corrected chi connectivity index (χ3v) is 7.51. The van der Waals surface area contributed by atoms with Gasteiger partial charge in [-0.15, -0.1) is 0 Å². The second kappa shape index (κ2) is 10.1. The minimum Gasteiger partial charge on any atom is -0.487 e. The largest absolute Gasteiger partial charge is 0.487 e. The van der Waals surface area contributed by atoms with E-state index in [0.29, 0.717) is 49.6 Å². The molecule has 35 heavy (non-hydrogen) atoms. The van der Waals surface area contributed by atoms with Crippen molar-refractivity contribution in [2.75, 3.05) is 42.7 Å². The summed E-state index contributed by atoms with van der Waals surface area (Å²) in [7, 11) is -3.46. The van der Waals surface area contributed by atoms with E-state index in [9.17, 15) is 26.0 Å². The van der Waals surface area contributed by atoms with Crippen LogP contribution in [0, 0.1) is 11.6 Å². The number of fused-ring (bicyclic) bond motifs is 1. The molecule has 1 aromatic heterocycles. The van der Waals surface area contributed by atoms with Gasteiger partial charge in [-0.1, -0.05) is 0 Å². The smallest absolute Gasteiger partial charge is 0.255 e. The number of alkyl halides is 2. The maximum Gasteiger partial charge on any atom is 0.255 e. The molecular formula is C22H27F4N5O3S. The van der Waals surface area contributed by atoms with E-state index in [1.54, 1.807) is 6.92 Å². The van der Waals surface area contributed by atoms with E-state index in [1.165, 1.54) is 10.4 Å². The van der Waals surface area contributed by atoms with E-state index < -0.39 is 40.7 Å². The van der Waals surface area contributed by atoms with Crippen molar-refractivity contribution in [1.29, 1.82) is 0 Å². The maximum atomic E-state index is 14.0. The summed E-state index contributed by atoms with van der Waals surface area (Å²) in [6.07, 6.45) is -0.499. The van der Waals surface area contributed by atoms with Crippen LogP contribution < -0.4 is 15.0 Å². The molecule has 1 fully saturated rings. The summed E-state index contributed by atoms with van der Waals surface area (Å²) in [6, 6.07) is 2.58. The summed E-state index contributed by atoms with van der Waals surface area (Å²) in [5.74, 6) is -0.933. The van der Waals surface area contributed by atoms with Gasteiger partial charge in [-0.25, -0.2) is 35.9 Å². The number of hydrogen-bond donors (Lipinski definition) is 1. The van der Waals surface area contributed by atoms with Crippen molar-refractivity contribution < 1.29 is 30.7 Å². The lowest BCUT2D eigenvalue weighted by atomic mass is 10.1. The van der Waals surface area contributed by atoms with Crippen LogP contribution in [0.5, 0.6) is 5.75 Å². The summed E-state index contributed by atoms with van der Waals surface area (Å²) in [5, 5.41) is 2.67. The van der Waals surface area contributed by atoms with Gasteiger partial charge in [0.15, 0.2) is 23.2 Å². The van der Waals surface area contributed by atoms with Crippen LogP contribution in [0.4, 0.5) is 29.2 Å². The molecule has 2 aliphatic heterocycles.